The van der Waals surface area contributed by atoms with Crippen LogP contribution >= 0.6 is 11.6 Å². The van der Waals surface area contributed by atoms with E-state index in [1.54, 1.807) is 18.0 Å². The molecule has 0 N–H and O–H groups in total. The first-order valence-electron chi connectivity index (χ1n) is 5.02. The van der Waals surface area contributed by atoms with E-state index in [1.807, 2.05) is 6.07 Å². The molecule has 0 saturated heterocycles. The van der Waals surface area contributed by atoms with Crippen LogP contribution in [0.4, 0.5) is 15.9 Å². The molecule has 0 radical (unpaired) electrons. The van der Waals surface area contributed by atoms with Crippen molar-refractivity contribution < 1.29 is 4.39 Å². The van der Waals surface area contributed by atoms with Crippen LogP contribution in [0.2, 0.25) is 5.02 Å². The molecule has 0 bridgehead atoms. The molecule has 2 rings (SSSR count). The Labute approximate surface area is 108 Å². The highest BCUT2D eigenvalue weighted by atomic mass is 35.5. The lowest BCUT2D eigenvalue weighted by molar-refractivity contribution is 0.628. The maximum atomic E-state index is 13.1. The van der Waals surface area contributed by atoms with Crippen molar-refractivity contribution in [3.05, 3.63) is 47.1 Å². The number of halogens is 2. The normalized spacial score (nSPS) is 9.89. The highest BCUT2D eigenvalue weighted by Gasteiger charge is 2.09. The standard InChI is InChI=1S/C12H8ClFN4/c1-18(9-2-3-11(14)10(13)5-9)12-4-8(6-15)16-7-17-12/h2-5,7H,1H3. The van der Waals surface area contributed by atoms with Crippen LogP contribution in [0.15, 0.2) is 30.6 Å². The molecule has 18 heavy (non-hydrogen) atoms. The van der Waals surface area contributed by atoms with Crippen molar-refractivity contribution in [1.82, 2.24) is 9.97 Å². The zero-order chi connectivity index (χ0) is 13.1. The first-order chi connectivity index (χ1) is 8.61. The van der Waals surface area contributed by atoms with Gasteiger partial charge in [-0.1, -0.05) is 11.6 Å². The number of nitrogens with zero attached hydrogens (tertiary/aromatic N) is 4. The maximum absolute atomic E-state index is 13.1. The van der Waals surface area contributed by atoms with Gasteiger partial charge in [-0.2, -0.15) is 5.26 Å². The average Bonchev–Trinajstić information content (AvgIpc) is 2.41. The van der Waals surface area contributed by atoms with Crippen molar-refractivity contribution in [2.24, 2.45) is 0 Å². The highest BCUT2D eigenvalue weighted by molar-refractivity contribution is 6.31. The summed E-state index contributed by atoms with van der Waals surface area (Å²) in [6.45, 7) is 0. The molecule has 0 saturated carbocycles. The zero-order valence-corrected chi connectivity index (χ0v) is 10.2. The van der Waals surface area contributed by atoms with E-state index >= 15 is 0 Å². The second kappa shape index (κ2) is 4.98. The van der Waals surface area contributed by atoms with E-state index in [0.717, 1.165) is 0 Å². The largest absolute Gasteiger partial charge is 0.329 e. The summed E-state index contributed by atoms with van der Waals surface area (Å²) in [5.41, 5.74) is 0.934. The highest BCUT2D eigenvalue weighted by Crippen LogP contribution is 2.26. The average molecular weight is 263 g/mol. The molecule has 2 aromatic rings. The van der Waals surface area contributed by atoms with Crippen molar-refractivity contribution in [1.29, 1.82) is 5.26 Å². The van der Waals surface area contributed by atoms with Gasteiger partial charge in [-0.3, -0.25) is 0 Å². The van der Waals surface area contributed by atoms with Gasteiger partial charge < -0.3 is 4.90 Å². The molecule has 0 aliphatic rings. The Balaban J connectivity index is 2.38. The van der Waals surface area contributed by atoms with Crippen molar-refractivity contribution >= 4 is 23.1 Å². The third kappa shape index (κ3) is 2.39. The molecular formula is C12H8ClFN4. The number of hydrogen-bond acceptors (Lipinski definition) is 4. The summed E-state index contributed by atoms with van der Waals surface area (Å²) in [6.07, 6.45) is 1.30. The van der Waals surface area contributed by atoms with Crippen LogP contribution < -0.4 is 4.90 Å². The van der Waals surface area contributed by atoms with Crippen molar-refractivity contribution in [3.8, 4) is 6.07 Å². The van der Waals surface area contributed by atoms with Crippen LogP contribution in [0.5, 0.6) is 0 Å². The molecule has 0 aliphatic carbocycles. The van der Waals surface area contributed by atoms with Crippen molar-refractivity contribution in [2.45, 2.75) is 0 Å². The number of nitriles is 1. The number of benzene rings is 1. The Morgan fingerprint density at radius 3 is 2.78 bits per heavy atom. The molecule has 1 aromatic heterocycles. The molecule has 1 aromatic carbocycles. The molecule has 0 spiro atoms. The third-order valence-electron chi connectivity index (χ3n) is 2.40. The van der Waals surface area contributed by atoms with Gasteiger partial charge in [0.15, 0.2) is 0 Å². The Hall–Kier alpha value is -2.19. The lowest BCUT2D eigenvalue weighted by Crippen LogP contribution is -2.11. The Kier molecular flexibility index (Phi) is 3.40. The van der Waals surface area contributed by atoms with Crippen LogP contribution in [0, 0.1) is 17.1 Å². The summed E-state index contributed by atoms with van der Waals surface area (Å²) in [6, 6.07) is 7.82. The molecule has 0 unspecified atom stereocenters. The monoisotopic (exact) mass is 262 g/mol. The fourth-order valence-electron chi connectivity index (χ4n) is 1.42. The van der Waals surface area contributed by atoms with Gasteiger partial charge in [0.2, 0.25) is 0 Å². The van der Waals surface area contributed by atoms with Crippen LogP contribution in [0.25, 0.3) is 0 Å². The minimum absolute atomic E-state index is 0.0360. The number of aromatic nitrogens is 2. The summed E-state index contributed by atoms with van der Waals surface area (Å²) in [4.78, 5) is 9.51. The summed E-state index contributed by atoms with van der Waals surface area (Å²) in [5, 5.41) is 8.80. The van der Waals surface area contributed by atoms with E-state index < -0.39 is 5.82 Å². The lowest BCUT2D eigenvalue weighted by Gasteiger charge is -2.18. The minimum Gasteiger partial charge on any atom is -0.329 e. The van der Waals surface area contributed by atoms with E-state index in [0.29, 0.717) is 11.5 Å². The second-order valence-corrected chi connectivity index (χ2v) is 3.94. The molecule has 4 nitrogen and oxygen atoms in total. The van der Waals surface area contributed by atoms with Gasteiger partial charge in [0.25, 0.3) is 0 Å². The molecule has 1 heterocycles. The quantitative estimate of drug-likeness (QED) is 0.835. The second-order valence-electron chi connectivity index (χ2n) is 3.53. The first kappa shape index (κ1) is 12.3. The molecular weight excluding hydrogens is 255 g/mol. The summed E-state index contributed by atoms with van der Waals surface area (Å²) in [7, 11) is 1.74. The molecule has 0 atom stereocenters. The number of hydrogen-bond donors (Lipinski definition) is 0. The fraction of sp³-hybridized carbons (Fsp3) is 0.0833. The van der Waals surface area contributed by atoms with Crippen molar-refractivity contribution in [2.75, 3.05) is 11.9 Å². The van der Waals surface area contributed by atoms with Gasteiger partial charge in [-0.05, 0) is 18.2 Å². The predicted molar refractivity (Wildman–Crippen MR) is 66.2 cm³/mol. The van der Waals surface area contributed by atoms with Gasteiger partial charge in [-0.25, -0.2) is 14.4 Å². The van der Waals surface area contributed by atoms with Crippen molar-refractivity contribution in [3.63, 3.8) is 0 Å². The fourth-order valence-corrected chi connectivity index (χ4v) is 1.59. The van der Waals surface area contributed by atoms with Gasteiger partial charge in [0, 0.05) is 18.8 Å². The lowest BCUT2D eigenvalue weighted by atomic mass is 10.3. The van der Waals surface area contributed by atoms with E-state index in [4.69, 9.17) is 16.9 Å². The predicted octanol–water partition coefficient (Wildman–Crippen LogP) is 2.91. The number of rotatable bonds is 2. The van der Waals surface area contributed by atoms with E-state index in [1.165, 1.54) is 24.5 Å². The van der Waals surface area contributed by atoms with E-state index in [-0.39, 0.29) is 10.7 Å². The molecule has 0 fully saturated rings. The van der Waals surface area contributed by atoms with Crippen LogP contribution in [-0.4, -0.2) is 17.0 Å². The summed E-state index contributed by atoms with van der Waals surface area (Å²) >= 11 is 5.72. The van der Waals surface area contributed by atoms with Crippen LogP contribution in [0.3, 0.4) is 0 Å². The van der Waals surface area contributed by atoms with Gasteiger partial charge in [-0.15, -0.1) is 0 Å². The minimum atomic E-state index is -0.478. The Morgan fingerprint density at radius 1 is 1.33 bits per heavy atom. The summed E-state index contributed by atoms with van der Waals surface area (Å²) in [5.74, 6) is 0.0541. The van der Waals surface area contributed by atoms with Gasteiger partial charge in [0.1, 0.15) is 29.7 Å². The van der Waals surface area contributed by atoms with Gasteiger partial charge >= 0.3 is 0 Å². The zero-order valence-electron chi connectivity index (χ0n) is 9.43. The Bertz CT molecular complexity index is 624. The molecule has 0 aliphatic heterocycles. The van der Waals surface area contributed by atoms with Crippen LogP contribution in [0.1, 0.15) is 5.69 Å². The third-order valence-corrected chi connectivity index (χ3v) is 2.69. The smallest absolute Gasteiger partial charge is 0.145 e. The Morgan fingerprint density at radius 2 is 2.11 bits per heavy atom. The van der Waals surface area contributed by atoms with Crippen LogP contribution in [-0.2, 0) is 0 Å². The first-order valence-corrected chi connectivity index (χ1v) is 5.40. The van der Waals surface area contributed by atoms with E-state index in [9.17, 15) is 4.39 Å². The van der Waals surface area contributed by atoms with Gasteiger partial charge in [0.05, 0.1) is 5.02 Å². The molecule has 90 valence electrons. The SMILES string of the molecule is CN(c1ccc(F)c(Cl)c1)c1cc(C#N)ncn1. The van der Waals surface area contributed by atoms with E-state index in [2.05, 4.69) is 9.97 Å². The summed E-state index contributed by atoms with van der Waals surface area (Å²) < 4.78 is 13.1. The number of anilines is 2. The topological polar surface area (TPSA) is 52.8 Å². The molecule has 0 amide bonds. The maximum Gasteiger partial charge on any atom is 0.145 e. The molecule has 6 heteroatoms.